The Balaban J connectivity index is 2.56. The number of hydrogen-bond acceptors (Lipinski definition) is 5. The maximum Gasteiger partial charge on any atom is 0.269 e. The van der Waals surface area contributed by atoms with E-state index in [1.165, 1.54) is 42.7 Å². The van der Waals surface area contributed by atoms with Gasteiger partial charge in [-0.15, -0.1) is 0 Å². The van der Waals surface area contributed by atoms with Gasteiger partial charge in [0.1, 0.15) is 5.82 Å². The number of hydrogen-bond donors (Lipinski definition) is 0. The highest BCUT2D eigenvalue weighted by Crippen LogP contribution is 2.30. The zero-order valence-corrected chi connectivity index (χ0v) is 13.2. The minimum atomic E-state index is -3.71. The number of methoxy groups -OCH3 is 2. The van der Waals surface area contributed by atoms with Crippen molar-refractivity contribution >= 4 is 10.0 Å². The Morgan fingerprint density at radius 3 is 2.38 bits per heavy atom. The molecule has 1 heterocycles. The molecule has 0 N–H and O–H groups in total. The Bertz CT molecular complexity index is 735. The average molecular weight is 310 g/mol. The van der Waals surface area contributed by atoms with Crippen molar-refractivity contribution in [2.24, 2.45) is 0 Å². The summed E-state index contributed by atoms with van der Waals surface area (Å²) in [4.78, 5) is 4.24. The van der Waals surface area contributed by atoms with Crippen molar-refractivity contribution in [1.29, 1.82) is 0 Å². The van der Waals surface area contributed by atoms with Crippen LogP contribution in [-0.2, 0) is 10.0 Å². The van der Waals surface area contributed by atoms with E-state index in [0.717, 1.165) is 0 Å². The molecule has 21 heavy (non-hydrogen) atoms. The Morgan fingerprint density at radius 1 is 1.14 bits per heavy atom. The monoisotopic (exact) mass is 310 g/mol. The molecule has 0 aliphatic heterocycles. The average Bonchev–Trinajstić information content (AvgIpc) is 2.96. The van der Waals surface area contributed by atoms with Gasteiger partial charge >= 0.3 is 0 Å². The predicted octanol–water partition coefficient (Wildman–Crippen LogP) is 2.26. The zero-order valence-electron chi connectivity index (χ0n) is 12.4. The molecule has 0 saturated heterocycles. The predicted molar refractivity (Wildman–Crippen MR) is 78.4 cm³/mol. The number of ether oxygens (including phenoxy) is 2. The van der Waals surface area contributed by atoms with Gasteiger partial charge < -0.3 is 9.47 Å². The van der Waals surface area contributed by atoms with Gasteiger partial charge in [0.25, 0.3) is 10.0 Å². The summed E-state index contributed by atoms with van der Waals surface area (Å²) in [5, 5.41) is 0. The van der Waals surface area contributed by atoms with Gasteiger partial charge in [-0.05, 0) is 12.1 Å². The van der Waals surface area contributed by atoms with E-state index < -0.39 is 10.0 Å². The second-order valence-electron chi connectivity index (χ2n) is 4.76. The van der Waals surface area contributed by atoms with Gasteiger partial charge in [-0.1, -0.05) is 13.8 Å². The summed E-state index contributed by atoms with van der Waals surface area (Å²) >= 11 is 0. The van der Waals surface area contributed by atoms with Crippen molar-refractivity contribution in [3.8, 4) is 11.5 Å². The van der Waals surface area contributed by atoms with Crippen molar-refractivity contribution in [2.75, 3.05) is 14.2 Å². The number of benzene rings is 1. The Morgan fingerprint density at radius 2 is 1.81 bits per heavy atom. The van der Waals surface area contributed by atoms with Crippen molar-refractivity contribution < 1.29 is 17.9 Å². The normalized spacial score (nSPS) is 11.7. The van der Waals surface area contributed by atoms with Gasteiger partial charge in [0.05, 0.1) is 19.1 Å². The van der Waals surface area contributed by atoms with E-state index in [1.807, 2.05) is 13.8 Å². The van der Waals surface area contributed by atoms with E-state index in [0.29, 0.717) is 17.3 Å². The van der Waals surface area contributed by atoms with E-state index in [1.54, 1.807) is 6.07 Å². The fourth-order valence-corrected chi connectivity index (χ4v) is 3.44. The lowest BCUT2D eigenvalue weighted by atomic mass is 10.2. The van der Waals surface area contributed by atoms with Gasteiger partial charge in [-0.3, -0.25) is 0 Å². The molecule has 2 rings (SSSR count). The van der Waals surface area contributed by atoms with Crippen LogP contribution >= 0.6 is 0 Å². The molecule has 0 fully saturated rings. The van der Waals surface area contributed by atoms with E-state index in [9.17, 15) is 8.42 Å². The van der Waals surface area contributed by atoms with Gasteiger partial charge in [0, 0.05) is 24.4 Å². The molecule has 0 bridgehead atoms. The highest BCUT2D eigenvalue weighted by molar-refractivity contribution is 7.90. The smallest absolute Gasteiger partial charge is 0.269 e. The molecule has 2 aromatic rings. The Kier molecular flexibility index (Phi) is 4.22. The zero-order chi connectivity index (χ0) is 15.6. The van der Waals surface area contributed by atoms with Crippen LogP contribution in [0.2, 0.25) is 0 Å². The van der Waals surface area contributed by atoms with Crippen LogP contribution in [0, 0.1) is 0 Å². The lowest BCUT2D eigenvalue weighted by Gasteiger charge is -2.13. The van der Waals surface area contributed by atoms with E-state index in [-0.39, 0.29) is 10.8 Å². The summed E-state index contributed by atoms with van der Waals surface area (Å²) in [6, 6.07) is 4.50. The minimum Gasteiger partial charge on any atom is -0.493 e. The number of imidazole rings is 1. The molecule has 1 aromatic heterocycles. The van der Waals surface area contributed by atoms with Crippen LogP contribution in [0.3, 0.4) is 0 Å². The van der Waals surface area contributed by atoms with Crippen LogP contribution in [0.1, 0.15) is 25.6 Å². The molecule has 0 saturated carbocycles. The summed E-state index contributed by atoms with van der Waals surface area (Å²) in [5.74, 6) is 1.33. The largest absolute Gasteiger partial charge is 0.493 e. The van der Waals surface area contributed by atoms with E-state index >= 15 is 0 Å². The Labute approximate surface area is 124 Å². The lowest BCUT2D eigenvalue weighted by molar-refractivity contribution is 0.354. The molecule has 0 aliphatic carbocycles. The van der Waals surface area contributed by atoms with Crippen LogP contribution in [0.15, 0.2) is 35.5 Å². The molecule has 0 aliphatic rings. The van der Waals surface area contributed by atoms with Crippen LogP contribution in [0.5, 0.6) is 11.5 Å². The first kappa shape index (κ1) is 15.4. The third-order valence-corrected chi connectivity index (χ3v) is 4.74. The fourth-order valence-electron chi connectivity index (χ4n) is 2.00. The molecule has 0 amide bonds. The first-order chi connectivity index (χ1) is 9.91. The standard InChI is InChI=1S/C14H18N2O4S/c1-10(2)14-15-7-8-16(14)21(17,18)11-5-6-12(19-3)13(9-11)20-4/h5-10H,1-4H3. The lowest BCUT2D eigenvalue weighted by Crippen LogP contribution is -2.16. The van der Waals surface area contributed by atoms with Crippen molar-refractivity contribution in [3.05, 3.63) is 36.4 Å². The van der Waals surface area contributed by atoms with E-state index in [2.05, 4.69) is 4.98 Å². The quantitative estimate of drug-likeness (QED) is 0.847. The second-order valence-corrected chi connectivity index (χ2v) is 6.57. The first-order valence-corrected chi connectivity index (χ1v) is 7.86. The molecule has 6 nitrogen and oxygen atoms in total. The van der Waals surface area contributed by atoms with Crippen LogP contribution < -0.4 is 9.47 Å². The van der Waals surface area contributed by atoms with Crippen molar-refractivity contribution in [2.45, 2.75) is 24.7 Å². The van der Waals surface area contributed by atoms with Crippen molar-refractivity contribution in [1.82, 2.24) is 8.96 Å². The van der Waals surface area contributed by atoms with Crippen molar-refractivity contribution in [3.63, 3.8) is 0 Å². The third kappa shape index (κ3) is 2.73. The SMILES string of the molecule is COc1ccc(S(=O)(=O)n2ccnc2C(C)C)cc1OC. The van der Waals surface area contributed by atoms with Crippen LogP contribution in [0.4, 0.5) is 0 Å². The van der Waals surface area contributed by atoms with E-state index in [4.69, 9.17) is 9.47 Å². The molecule has 0 radical (unpaired) electrons. The summed E-state index contributed by atoms with van der Waals surface area (Å²) in [5.41, 5.74) is 0. The van der Waals surface area contributed by atoms with Crippen LogP contribution in [-0.4, -0.2) is 31.6 Å². The number of nitrogens with zero attached hydrogens (tertiary/aromatic N) is 2. The van der Waals surface area contributed by atoms with Crippen LogP contribution in [0.25, 0.3) is 0 Å². The van der Waals surface area contributed by atoms with Gasteiger partial charge in [0.15, 0.2) is 11.5 Å². The summed E-state index contributed by atoms with van der Waals surface area (Å²) in [7, 11) is -0.748. The minimum absolute atomic E-state index is 0.00470. The maximum atomic E-state index is 12.7. The summed E-state index contributed by atoms with van der Waals surface area (Å²) in [6.45, 7) is 3.78. The molecule has 0 unspecified atom stereocenters. The third-order valence-electron chi connectivity index (χ3n) is 3.06. The number of rotatable bonds is 5. The molecule has 7 heteroatoms. The highest BCUT2D eigenvalue weighted by Gasteiger charge is 2.23. The molecule has 1 aromatic carbocycles. The fraction of sp³-hybridized carbons (Fsp3) is 0.357. The maximum absolute atomic E-state index is 12.7. The highest BCUT2D eigenvalue weighted by atomic mass is 32.2. The molecule has 0 atom stereocenters. The number of aromatic nitrogens is 2. The van der Waals surface area contributed by atoms with Gasteiger partial charge in [-0.2, -0.15) is 0 Å². The Hall–Kier alpha value is -2.02. The first-order valence-electron chi connectivity index (χ1n) is 6.42. The molecule has 0 spiro atoms. The van der Waals surface area contributed by atoms with Gasteiger partial charge in [-0.25, -0.2) is 17.4 Å². The second kappa shape index (κ2) is 5.77. The summed E-state index contributed by atoms with van der Waals surface area (Å²) in [6.07, 6.45) is 2.93. The molecular formula is C14H18N2O4S. The molecular weight excluding hydrogens is 292 g/mol. The molecule has 114 valence electrons. The topological polar surface area (TPSA) is 70.4 Å². The van der Waals surface area contributed by atoms with Gasteiger partial charge in [0.2, 0.25) is 0 Å². The summed E-state index contributed by atoms with van der Waals surface area (Å²) < 4.78 is 36.9.